The SMILES string of the molecule is [Cu+].[O-][n+]1[c-]cccc1. The summed E-state index contributed by atoms with van der Waals surface area (Å²) in [6, 6.07) is 4.96. The molecule has 1 aromatic rings. The molecule has 46 valence electrons. The molecule has 2 nitrogen and oxygen atoms in total. The summed E-state index contributed by atoms with van der Waals surface area (Å²) in [4.78, 5) is 0. The van der Waals surface area contributed by atoms with Gasteiger partial charge in [-0.3, -0.25) is 4.73 Å². The Morgan fingerprint density at radius 2 is 2.12 bits per heavy atom. The van der Waals surface area contributed by atoms with Crippen molar-refractivity contribution < 1.29 is 21.8 Å². The van der Waals surface area contributed by atoms with E-state index in [9.17, 15) is 5.21 Å². The van der Waals surface area contributed by atoms with Crippen LogP contribution in [0.4, 0.5) is 0 Å². The summed E-state index contributed by atoms with van der Waals surface area (Å²) >= 11 is 0. The molecule has 0 fully saturated rings. The van der Waals surface area contributed by atoms with Crippen molar-refractivity contribution in [3.8, 4) is 0 Å². The molecule has 1 rings (SSSR count). The van der Waals surface area contributed by atoms with Gasteiger partial charge in [-0.1, -0.05) is 0 Å². The van der Waals surface area contributed by atoms with Gasteiger partial charge in [0.2, 0.25) is 0 Å². The van der Waals surface area contributed by atoms with Crippen molar-refractivity contribution in [2.45, 2.75) is 0 Å². The maximum atomic E-state index is 10.1. The predicted octanol–water partition coefficient (Wildman–Crippen LogP) is 0.118. The van der Waals surface area contributed by atoms with Crippen molar-refractivity contribution in [1.82, 2.24) is 0 Å². The Labute approximate surface area is 58.2 Å². The van der Waals surface area contributed by atoms with E-state index >= 15 is 0 Å². The van der Waals surface area contributed by atoms with Crippen LogP contribution in [0, 0.1) is 11.4 Å². The summed E-state index contributed by atoms with van der Waals surface area (Å²) in [6.45, 7) is 0. The summed E-state index contributed by atoms with van der Waals surface area (Å²) < 4.78 is 0.625. The number of pyridine rings is 1. The van der Waals surface area contributed by atoms with E-state index in [0.29, 0.717) is 4.73 Å². The molecule has 0 amide bonds. The van der Waals surface area contributed by atoms with Gasteiger partial charge in [-0.05, 0) is 0 Å². The minimum Gasteiger partial charge on any atom is -0.641 e. The zero-order chi connectivity index (χ0) is 5.11. The van der Waals surface area contributed by atoms with E-state index in [1.807, 2.05) is 0 Å². The van der Waals surface area contributed by atoms with E-state index in [4.69, 9.17) is 0 Å². The van der Waals surface area contributed by atoms with Gasteiger partial charge in [0.25, 0.3) is 0 Å². The molecule has 0 aliphatic rings. The Bertz CT molecular complexity index is 142. The van der Waals surface area contributed by atoms with Gasteiger partial charge in [-0.15, -0.1) is 12.1 Å². The monoisotopic (exact) mass is 157 g/mol. The summed E-state index contributed by atoms with van der Waals surface area (Å²) in [6.07, 6.45) is 3.78. The Balaban J connectivity index is 0.000000490. The van der Waals surface area contributed by atoms with Gasteiger partial charge >= 0.3 is 17.1 Å². The van der Waals surface area contributed by atoms with Crippen molar-refractivity contribution in [2.75, 3.05) is 0 Å². The minimum absolute atomic E-state index is 0. The van der Waals surface area contributed by atoms with E-state index in [2.05, 4.69) is 6.20 Å². The van der Waals surface area contributed by atoms with Gasteiger partial charge < -0.3 is 5.21 Å². The summed E-state index contributed by atoms with van der Waals surface area (Å²) in [7, 11) is 0. The topological polar surface area (TPSA) is 26.9 Å². The first-order valence-electron chi connectivity index (χ1n) is 1.95. The average molecular weight is 158 g/mol. The fraction of sp³-hybridized carbons (Fsp3) is 0. The van der Waals surface area contributed by atoms with Gasteiger partial charge in [0.05, 0.1) is 6.20 Å². The number of hydrogen-bond acceptors (Lipinski definition) is 1. The molecule has 0 saturated carbocycles. The fourth-order valence-corrected chi connectivity index (χ4v) is 0.343. The Morgan fingerprint density at radius 1 is 1.38 bits per heavy atom. The van der Waals surface area contributed by atoms with Crippen LogP contribution in [0.3, 0.4) is 0 Å². The third kappa shape index (κ3) is 1.96. The van der Waals surface area contributed by atoms with E-state index in [0.717, 1.165) is 0 Å². The largest absolute Gasteiger partial charge is 1.00 e. The number of rotatable bonds is 0. The molecule has 1 heterocycles. The van der Waals surface area contributed by atoms with Gasteiger partial charge in [-0.25, -0.2) is 0 Å². The molecule has 0 aliphatic heterocycles. The second-order valence-electron chi connectivity index (χ2n) is 1.16. The van der Waals surface area contributed by atoms with Gasteiger partial charge in [0.1, 0.15) is 6.20 Å². The zero-order valence-electron chi connectivity index (χ0n) is 3.97. The molecule has 0 aromatic carbocycles. The predicted molar refractivity (Wildman–Crippen MR) is 24.2 cm³/mol. The van der Waals surface area contributed by atoms with Crippen LogP contribution in [0.2, 0.25) is 0 Å². The van der Waals surface area contributed by atoms with Crippen LogP contribution < -0.4 is 4.73 Å². The molecule has 0 bridgehead atoms. The minimum atomic E-state index is 0. The Morgan fingerprint density at radius 3 is 2.38 bits per heavy atom. The smallest absolute Gasteiger partial charge is 0.641 e. The maximum absolute atomic E-state index is 10.1. The second-order valence-corrected chi connectivity index (χ2v) is 1.16. The maximum Gasteiger partial charge on any atom is 1.00 e. The summed E-state index contributed by atoms with van der Waals surface area (Å²) in [5.74, 6) is 0. The zero-order valence-corrected chi connectivity index (χ0v) is 4.91. The van der Waals surface area contributed by atoms with Gasteiger partial charge in [0.15, 0.2) is 0 Å². The van der Waals surface area contributed by atoms with Crippen LogP contribution >= 0.6 is 0 Å². The molecule has 0 atom stereocenters. The van der Waals surface area contributed by atoms with Crippen molar-refractivity contribution >= 4 is 0 Å². The molecule has 1 aromatic heterocycles. The molecular weight excluding hydrogens is 154 g/mol. The van der Waals surface area contributed by atoms with Gasteiger partial charge in [0, 0.05) is 0 Å². The molecule has 0 saturated heterocycles. The molecule has 0 aliphatic carbocycles. The van der Waals surface area contributed by atoms with Crippen LogP contribution in [0.5, 0.6) is 0 Å². The number of nitrogens with zero attached hydrogens (tertiary/aromatic N) is 1. The van der Waals surface area contributed by atoms with Gasteiger partial charge in [-0.2, -0.15) is 6.07 Å². The van der Waals surface area contributed by atoms with Crippen molar-refractivity contribution in [3.05, 3.63) is 35.8 Å². The quantitative estimate of drug-likeness (QED) is 0.228. The van der Waals surface area contributed by atoms with E-state index in [-0.39, 0.29) is 17.1 Å². The number of hydrogen-bond donors (Lipinski definition) is 0. The second kappa shape index (κ2) is 3.47. The van der Waals surface area contributed by atoms with Crippen LogP contribution in [0.1, 0.15) is 0 Å². The molecule has 8 heavy (non-hydrogen) atoms. The van der Waals surface area contributed by atoms with E-state index in [1.54, 1.807) is 18.2 Å². The molecule has 3 heteroatoms. The van der Waals surface area contributed by atoms with Crippen molar-refractivity contribution in [2.24, 2.45) is 0 Å². The molecule has 0 radical (unpaired) electrons. The Kier molecular flexibility index (Phi) is 3.24. The Hall–Kier alpha value is -0.531. The van der Waals surface area contributed by atoms with Crippen LogP contribution in [-0.4, -0.2) is 0 Å². The third-order valence-corrected chi connectivity index (χ3v) is 0.631. The number of aromatic nitrogens is 1. The molecular formula is C5H4CuNO. The first-order valence-corrected chi connectivity index (χ1v) is 1.95. The van der Waals surface area contributed by atoms with Crippen LogP contribution in [-0.2, 0) is 17.1 Å². The molecule has 0 unspecified atom stereocenters. The third-order valence-electron chi connectivity index (χ3n) is 0.631. The summed E-state index contributed by atoms with van der Waals surface area (Å²) in [5.41, 5.74) is 0. The van der Waals surface area contributed by atoms with Crippen LogP contribution in [0.25, 0.3) is 0 Å². The average Bonchev–Trinajstić information content (AvgIpc) is 1.69. The standard InChI is InChI=1S/C5H4NO.Cu/c7-6-4-2-1-3-5-6;/h1-4H;/q-1;+1. The van der Waals surface area contributed by atoms with Crippen LogP contribution in [0.15, 0.2) is 24.4 Å². The molecule has 0 N–H and O–H groups in total. The van der Waals surface area contributed by atoms with E-state index in [1.165, 1.54) is 6.20 Å². The van der Waals surface area contributed by atoms with Crippen molar-refractivity contribution in [3.63, 3.8) is 0 Å². The molecule has 0 spiro atoms. The fourth-order valence-electron chi connectivity index (χ4n) is 0.343. The summed E-state index contributed by atoms with van der Waals surface area (Å²) in [5, 5.41) is 10.1. The normalized spacial score (nSPS) is 7.50. The first-order chi connectivity index (χ1) is 3.39. The first kappa shape index (κ1) is 7.47. The van der Waals surface area contributed by atoms with Crippen molar-refractivity contribution in [1.29, 1.82) is 0 Å². The van der Waals surface area contributed by atoms with E-state index < -0.39 is 0 Å².